The molecular formula is C16H11BrN2O4. The molecule has 1 aromatic heterocycles. The molecule has 2 heterocycles. The molecule has 0 spiro atoms. The van der Waals surface area contributed by atoms with Crippen molar-refractivity contribution >= 4 is 39.9 Å². The Bertz CT molecular complexity index is 836. The minimum atomic E-state index is -0.743. The number of nitrogens with zero attached hydrogens (tertiary/aromatic N) is 1. The minimum absolute atomic E-state index is 0.149. The van der Waals surface area contributed by atoms with Gasteiger partial charge in [-0.1, -0.05) is 28.1 Å². The number of carbonyl (C=O) groups is 3. The molecule has 4 amide bonds. The second-order valence-corrected chi connectivity index (χ2v) is 5.81. The van der Waals surface area contributed by atoms with Crippen molar-refractivity contribution in [2.45, 2.75) is 0 Å². The van der Waals surface area contributed by atoms with Gasteiger partial charge in [0, 0.05) is 17.1 Å². The number of imide groups is 2. The van der Waals surface area contributed by atoms with Crippen molar-refractivity contribution < 1.29 is 18.8 Å². The topological polar surface area (TPSA) is 79.6 Å². The Labute approximate surface area is 139 Å². The lowest BCUT2D eigenvalue weighted by molar-refractivity contribution is -0.129. The SMILES string of the molecule is CN1C(=O)NC(=O)C(=Cc2ccc(-c3ccc(Br)cc3)o2)C1=O. The number of benzene rings is 1. The lowest BCUT2D eigenvalue weighted by atomic mass is 10.1. The van der Waals surface area contributed by atoms with Gasteiger partial charge in [0.2, 0.25) is 0 Å². The van der Waals surface area contributed by atoms with Crippen molar-refractivity contribution in [3.63, 3.8) is 0 Å². The fourth-order valence-electron chi connectivity index (χ4n) is 2.09. The van der Waals surface area contributed by atoms with Gasteiger partial charge in [-0.25, -0.2) is 4.79 Å². The van der Waals surface area contributed by atoms with Crippen LogP contribution in [-0.4, -0.2) is 29.8 Å². The van der Waals surface area contributed by atoms with Gasteiger partial charge in [-0.05, 0) is 30.3 Å². The van der Waals surface area contributed by atoms with Crippen molar-refractivity contribution in [2.75, 3.05) is 7.05 Å². The van der Waals surface area contributed by atoms with E-state index in [0.29, 0.717) is 11.5 Å². The molecule has 0 unspecified atom stereocenters. The molecule has 2 aromatic rings. The third-order valence-electron chi connectivity index (χ3n) is 3.35. The lowest BCUT2D eigenvalue weighted by Gasteiger charge is -2.21. The maximum atomic E-state index is 12.0. The molecule has 1 aliphatic rings. The third-order valence-corrected chi connectivity index (χ3v) is 3.88. The van der Waals surface area contributed by atoms with Crippen LogP contribution in [0.25, 0.3) is 17.4 Å². The van der Waals surface area contributed by atoms with E-state index < -0.39 is 17.8 Å². The quantitative estimate of drug-likeness (QED) is 0.647. The minimum Gasteiger partial charge on any atom is -0.457 e. The summed E-state index contributed by atoms with van der Waals surface area (Å²) in [5.41, 5.74) is 0.716. The number of halogens is 1. The Kier molecular flexibility index (Phi) is 3.87. The summed E-state index contributed by atoms with van der Waals surface area (Å²) in [7, 11) is 1.30. The van der Waals surface area contributed by atoms with E-state index in [9.17, 15) is 14.4 Å². The van der Waals surface area contributed by atoms with E-state index in [4.69, 9.17) is 4.42 Å². The molecule has 23 heavy (non-hydrogen) atoms. The molecule has 1 aromatic carbocycles. The first kappa shape index (κ1) is 15.2. The Morgan fingerprint density at radius 1 is 1.09 bits per heavy atom. The monoisotopic (exact) mass is 374 g/mol. The molecule has 1 aliphatic heterocycles. The molecule has 3 rings (SSSR count). The van der Waals surface area contributed by atoms with Gasteiger partial charge < -0.3 is 4.42 Å². The van der Waals surface area contributed by atoms with Crippen LogP contribution in [0.5, 0.6) is 0 Å². The Hall–Kier alpha value is -2.67. The molecule has 1 fully saturated rings. The van der Waals surface area contributed by atoms with Crippen molar-refractivity contribution in [3.05, 3.63) is 52.2 Å². The summed E-state index contributed by atoms with van der Waals surface area (Å²) in [5, 5.41) is 2.09. The van der Waals surface area contributed by atoms with E-state index in [0.717, 1.165) is 14.9 Å². The van der Waals surface area contributed by atoms with Crippen molar-refractivity contribution in [3.8, 4) is 11.3 Å². The summed E-state index contributed by atoms with van der Waals surface area (Å²) in [5.74, 6) is -0.443. The third kappa shape index (κ3) is 2.95. The number of rotatable bonds is 2. The van der Waals surface area contributed by atoms with E-state index in [1.54, 1.807) is 12.1 Å². The van der Waals surface area contributed by atoms with Gasteiger partial charge in [0.25, 0.3) is 11.8 Å². The molecule has 0 saturated carbocycles. The molecule has 0 bridgehead atoms. The predicted molar refractivity (Wildman–Crippen MR) is 86.1 cm³/mol. The second-order valence-electron chi connectivity index (χ2n) is 4.89. The van der Waals surface area contributed by atoms with Crippen LogP contribution in [0.2, 0.25) is 0 Å². The fraction of sp³-hybridized carbons (Fsp3) is 0.0625. The number of urea groups is 1. The number of barbiturate groups is 1. The maximum absolute atomic E-state index is 12.0. The van der Waals surface area contributed by atoms with E-state index in [1.807, 2.05) is 24.3 Å². The highest BCUT2D eigenvalue weighted by Crippen LogP contribution is 2.25. The molecule has 116 valence electrons. The number of likely N-dealkylation sites (N-methyl/N-ethyl adjacent to an activating group) is 1. The van der Waals surface area contributed by atoms with Gasteiger partial charge >= 0.3 is 6.03 Å². The van der Waals surface area contributed by atoms with E-state index in [2.05, 4.69) is 21.2 Å². The van der Waals surface area contributed by atoms with Gasteiger partial charge in [-0.3, -0.25) is 19.8 Å². The van der Waals surface area contributed by atoms with Crippen LogP contribution in [0.15, 0.2) is 50.9 Å². The molecule has 7 heteroatoms. The summed E-state index contributed by atoms with van der Waals surface area (Å²) in [4.78, 5) is 36.0. The predicted octanol–water partition coefficient (Wildman–Crippen LogP) is 2.80. The summed E-state index contributed by atoms with van der Waals surface area (Å²) in [6.07, 6.45) is 1.32. The smallest absolute Gasteiger partial charge is 0.331 e. The molecular weight excluding hydrogens is 364 g/mol. The first-order valence-corrected chi connectivity index (χ1v) is 7.46. The largest absolute Gasteiger partial charge is 0.457 e. The van der Waals surface area contributed by atoms with Gasteiger partial charge in [0.15, 0.2) is 0 Å². The summed E-state index contributed by atoms with van der Waals surface area (Å²) >= 11 is 3.36. The van der Waals surface area contributed by atoms with Crippen LogP contribution in [-0.2, 0) is 9.59 Å². The zero-order valence-electron chi connectivity index (χ0n) is 12.0. The highest BCUT2D eigenvalue weighted by molar-refractivity contribution is 9.10. The summed E-state index contributed by atoms with van der Waals surface area (Å²) < 4.78 is 6.59. The van der Waals surface area contributed by atoms with Crippen LogP contribution < -0.4 is 5.32 Å². The molecule has 0 aliphatic carbocycles. The van der Waals surface area contributed by atoms with Gasteiger partial charge in [0.1, 0.15) is 17.1 Å². The number of hydrogen-bond donors (Lipinski definition) is 1. The van der Waals surface area contributed by atoms with Crippen molar-refractivity contribution in [1.82, 2.24) is 10.2 Å². The molecule has 1 saturated heterocycles. The number of hydrogen-bond acceptors (Lipinski definition) is 4. The normalized spacial score (nSPS) is 16.9. The van der Waals surface area contributed by atoms with E-state index in [1.165, 1.54) is 13.1 Å². The average molecular weight is 375 g/mol. The fourth-order valence-corrected chi connectivity index (χ4v) is 2.35. The molecule has 0 atom stereocenters. The van der Waals surface area contributed by atoms with E-state index in [-0.39, 0.29) is 5.57 Å². The molecule has 1 N–H and O–H groups in total. The summed E-state index contributed by atoms with van der Waals surface area (Å²) in [6.45, 7) is 0. The number of nitrogens with one attached hydrogen (secondary N) is 1. The van der Waals surface area contributed by atoms with Crippen LogP contribution in [0, 0.1) is 0 Å². The maximum Gasteiger partial charge on any atom is 0.331 e. The second kappa shape index (κ2) is 5.85. The zero-order chi connectivity index (χ0) is 16.6. The van der Waals surface area contributed by atoms with Gasteiger partial charge in [-0.15, -0.1) is 0 Å². The van der Waals surface area contributed by atoms with Crippen LogP contribution >= 0.6 is 15.9 Å². The lowest BCUT2D eigenvalue weighted by Crippen LogP contribution is -2.52. The van der Waals surface area contributed by atoms with Crippen LogP contribution in [0.1, 0.15) is 5.76 Å². The van der Waals surface area contributed by atoms with Crippen molar-refractivity contribution in [2.24, 2.45) is 0 Å². The first-order valence-electron chi connectivity index (χ1n) is 6.66. The number of carbonyl (C=O) groups excluding carboxylic acids is 3. The Balaban J connectivity index is 1.91. The van der Waals surface area contributed by atoms with E-state index >= 15 is 0 Å². The van der Waals surface area contributed by atoms with Gasteiger partial charge in [0.05, 0.1) is 0 Å². The Morgan fingerprint density at radius 3 is 2.48 bits per heavy atom. The van der Waals surface area contributed by atoms with Crippen LogP contribution in [0.3, 0.4) is 0 Å². The number of amides is 4. The Morgan fingerprint density at radius 2 is 1.78 bits per heavy atom. The number of furan rings is 1. The zero-order valence-corrected chi connectivity index (χ0v) is 13.6. The highest BCUT2D eigenvalue weighted by Gasteiger charge is 2.33. The first-order chi connectivity index (χ1) is 11.0. The average Bonchev–Trinajstić information content (AvgIpc) is 2.99. The standard InChI is InChI=1S/C16H11BrN2O4/c1-19-15(21)12(14(20)18-16(19)22)8-11-6-7-13(23-11)9-2-4-10(17)5-3-9/h2-8H,1H3,(H,18,20,22). The van der Waals surface area contributed by atoms with Gasteiger partial charge in [-0.2, -0.15) is 0 Å². The van der Waals surface area contributed by atoms with Crippen molar-refractivity contribution in [1.29, 1.82) is 0 Å². The summed E-state index contributed by atoms with van der Waals surface area (Å²) in [6, 6.07) is 10.2. The molecule has 6 nitrogen and oxygen atoms in total. The van der Waals surface area contributed by atoms with Crippen LogP contribution in [0.4, 0.5) is 4.79 Å². The highest BCUT2D eigenvalue weighted by atomic mass is 79.9. The molecule has 0 radical (unpaired) electrons.